The van der Waals surface area contributed by atoms with E-state index in [0.29, 0.717) is 17.1 Å². The number of nitrogens with zero attached hydrogens (tertiary/aromatic N) is 2. The first-order valence-corrected chi connectivity index (χ1v) is 7.52. The first kappa shape index (κ1) is 16.5. The molecule has 0 saturated heterocycles. The zero-order chi connectivity index (χ0) is 16.3. The van der Waals surface area contributed by atoms with Crippen molar-refractivity contribution in [2.45, 2.75) is 26.2 Å². The Kier molecular flexibility index (Phi) is 5.16. The van der Waals surface area contributed by atoms with Crippen LogP contribution in [0.4, 0.5) is 14.5 Å². The molecular formula is C17H23F2N3. The number of nitrogens with two attached hydrogens (primary N) is 1. The lowest BCUT2D eigenvalue weighted by atomic mass is 9.87. The van der Waals surface area contributed by atoms with E-state index >= 15 is 0 Å². The van der Waals surface area contributed by atoms with E-state index in [1.165, 1.54) is 12.4 Å². The minimum atomic E-state index is -2.54. The quantitative estimate of drug-likeness (QED) is 0.863. The van der Waals surface area contributed by atoms with Gasteiger partial charge in [-0.3, -0.25) is 4.99 Å². The average molecular weight is 307 g/mol. The number of alkyl halides is 2. The van der Waals surface area contributed by atoms with E-state index in [4.69, 9.17) is 5.73 Å². The second-order valence-electron chi connectivity index (χ2n) is 5.74. The molecule has 2 N–H and O–H groups in total. The van der Waals surface area contributed by atoms with Crippen LogP contribution >= 0.6 is 0 Å². The Balaban J connectivity index is 2.59. The zero-order valence-corrected chi connectivity index (χ0v) is 13.3. The summed E-state index contributed by atoms with van der Waals surface area (Å²) >= 11 is 0. The van der Waals surface area contributed by atoms with Crippen molar-refractivity contribution in [1.82, 2.24) is 0 Å². The van der Waals surface area contributed by atoms with Crippen LogP contribution in [0, 0.1) is 5.92 Å². The third-order valence-electron chi connectivity index (χ3n) is 4.27. The Morgan fingerprint density at radius 1 is 1.50 bits per heavy atom. The molecule has 1 heterocycles. The molecule has 2 rings (SSSR count). The van der Waals surface area contributed by atoms with Gasteiger partial charge in [0.1, 0.15) is 0 Å². The number of rotatable bonds is 4. The highest BCUT2D eigenvalue weighted by Gasteiger charge is 2.25. The topological polar surface area (TPSA) is 41.6 Å². The van der Waals surface area contributed by atoms with Crippen LogP contribution in [0.15, 0.2) is 23.3 Å². The molecule has 0 amide bonds. The van der Waals surface area contributed by atoms with Crippen molar-refractivity contribution in [2.75, 3.05) is 25.5 Å². The number of halogens is 2. The molecule has 1 aromatic carbocycles. The van der Waals surface area contributed by atoms with Gasteiger partial charge in [-0.25, -0.2) is 8.78 Å². The van der Waals surface area contributed by atoms with Crippen LogP contribution in [0.2, 0.25) is 0 Å². The fourth-order valence-electron chi connectivity index (χ4n) is 3.07. The standard InChI is InChI=1S/C17H23F2N3/c1-4-11-5-12-6-14(13(8-20)9-21-2)15(17(18)19)7-16(12)22(3)10-11/h6-9,11,17H,4-5,10,20H2,1-3H3/t11-/m1/s1. The number of allylic oxidation sites excluding steroid dienone is 1. The van der Waals surface area contributed by atoms with Crippen LogP contribution in [0.3, 0.4) is 0 Å². The number of aliphatic imine (C=N–C) groups is 1. The van der Waals surface area contributed by atoms with Gasteiger partial charge in [-0.05, 0) is 35.6 Å². The SMILES string of the molecule is CC[C@@H]1Cc2cc(C(C=NC)=CN)c(C(F)F)cc2N(C)C1. The number of fused-ring (bicyclic) bond motifs is 1. The van der Waals surface area contributed by atoms with Crippen molar-refractivity contribution in [3.63, 3.8) is 0 Å². The third-order valence-corrected chi connectivity index (χ3v) is 4.27. The fourth-order valence-corrected chi connectivity index (χ4v) is 3.07. The van der Waals surface area contributed by atoms with Crippen LogP contribution in [0.1, 0.15) is 36.5 Å². The Bertz CT molecular complexity index is 594. The van der Waals surface area contributed by atoms with Crippen molar-refractivity contribution in [1.29, 1.82) is 0 Å². The van der Waals surface area contributed by atoms with Crippen LogP contribution in [-0.4, -0.2) is 26.9 Å². The highest BCUT2D eigenvalue weighted by molar-refractivity contribution is 6.10. The van der Waals surface area contributed by atoms with Gasteiger partial charge in [0.2, 0.25) is 0 Å². The lowest BCUT2D eigenvalue weighted by Crippen LogP contribution is -2.32. The summed E-state index contributed by atoms with van der Waals surface area (Å²) in [5, 5.41) is 0. The van der Waals surface area contributed by atoms with Gasteiger partial charge >= 0.3 is 0 Å². The van der Waals surface area contributed by atoms with E-state index in [0.717, 1.165) is 30.6 Å². The molecule has 3 nitrogen and oxygen atoms in total. The minimum Gasteiger partial charge on any atom is -0.404 e. The summed E-state index contributed by atoms with van der Waals surface area (Å²) < 4.78 is 26.9. The Hall–Kier alpha value is -1.91. The highest BCUT2D eigenvalue weighted by Crippen LogP contribution is 2.37. The summed E-state index contributed by atoms with van der Waals surface area (Å²) in [6.07, 6.45) is 2.30. The van der Waals surface area contributed by atoms with Crippen LogP contribution in [-0.2, 0) is 6.42 Å². The van der Waals surface area contributed by atoms with E-state index < -0.39 is 6.43 Å². The van der Waals surface area contributed by atoms with Crippen molar-refractivity contribution < 1.29 is 8.78 Å². The van der Waals surface area contributed by atoms with Crippen molar-refractivity contribution >= 4 is 17.5 Å². The van der Waals surface area contributed by atoms with E-state index in [1.807, 2.05) is 13.1 Å². The molecule has 22 heavy (non-hydrogen) atoms. The Labute approximate surface area is 130 Å². The maximum atomic E-state index is 13.5. The first-order valence-electron chi connectivity index (χ1n) is 7.52. The van der Waals surface area contributed by atoms with Crippen LogP contribution in [0.5, 0.6) is 0 Å². The third kappa shape index (κ3) is 3.13. The molecule has 120 valence electrons. The monoisotopic (exact) mass is 307 g/mol. The number of hydrogen-bond acceptors (Lipinski definition) is 3. The molecule has 0 unspecified atom stereocenters. The second kappa shape index (κ2) is 6.90. The normalized spacial score (nSPS) is 19.1. The van der Waals surface area contributed by atoms with Gasteiger partial charge in [-0.2, -0.15) is 0 Å². The molecule has 1 atom stereocenters. The molecule has 1 aliphatic heterocycles. The van der Waals surface area contributed by atoms with Gasteiger partial charge in [0.15, 0.2) is 0 Å². The average Bonchev–Trinajstić information content (AvgIpc) is 2.51. The minimum absolute atomic E-state index is 0.0112. The van der Waals surface area contributed by atoms with Crippen LogP contribution in [0.25, 0.3) is 5.57 Å². The van der Waals surface area contributed by atoms with Gasteiger partial charge < -0.3 is 10.6 Å². The molecule has 0 spiro atoms. The smallest absolute Gasteiger partial charge is 0.264 e. The van der Waals surface area contributed by atoms with E-state index in [9.17, 15) is 8.78 Å². The molecule has 1 aromatic rings. The lowest BCUT2D eigenvalue weighted by Gasteiger charge is -2.34. The van der Waals surface area contributed by atoms with Gasteiger partial charge in [-0.15, -0.1) is 0 Å². The summed E-state index contributed by atoms with van der Waals surface area (Å²) in [6, 6.07) is 3.46. The van der Waals surface area contributed by atoms with Gasteiger partial charge in [0, 0.05) is 49.9 Å². The zero-order valence-electron chi connectivity index (χ0n) is 13.3. The fraction of sp³-hybridized carbons (Fsp3) is 0.471. The summed E-state index contributed by atoms with van der Waals surface area (Å²) in [5.41, 5.74) is 8.63. The van der Waals surface area contributed by atoms with E-state index in [-0.39, 0.29) is 5.56 Å². The predicted molar refractivity (Wildman–Crippen MR) is 88.7 cm³/mol. The first-order chi connectivity index (χ1) is 10.5. The van der Waals surface area contributed by atoms with Crippen LogP contribution < -0.4 is 10.6 Å². The summed E-state index contributed by atoms with van der Waals surface area (Å²) in [5.74, 6) is 0.549. The highest BCUT2D eigenvalue weighted by atomic mass is 19.3. The molecule has 1 aliphatic rings. The number of hydrogen-bond donors (Lipinski definition) is 1. The van der Waals surface area contributed by atoms with Gasteiger partial charge in [-0.1, -0.05) is 13.3 Å². The molecular weight excluding hydrogens is 284 g/mol. The molecule has 0 radical (unpaired) electrons. The largest absolute Gasteiger partial charge is 0.404 e. The molecule has 5 heteroatoms. The number of anilines is 1. The lowest BCUT2D eigenvalue weighted by molar-refractivity contribution is 0.151. The maximum absolute atomic E-state index is 13.5. The summed E-state index contributed by atoms with van der Waals surface area (Å²) in [4.78, 5) is 5.99. The number of benzene rings is 1. The molecule has 0 fully saturated rings. The summed E-state index contributed by atoms with van der Waals surface area (Å²) in [6.45, 7) is 3.06. The van der Waals surface area contributed by atoms with Gasteiger partial charge in [0.05, 0.1) is 0 Å². The predicted octanol–water partition coefficient (Wildman–Crippen LogP) is 3.64. The van der Waals surface area contributed by atoms with Gasteiger partial charge in [0.25, 0.3) is 6.43 Å². The molecule has 0 bridgehead atoms. The molecule has 0 saturated carbocycles. The van der Waals surface area contributed by atoms with Crippen molar-refractivity contribution in [3.05, 3.63) is 35.0 Å². The summed E-state index contributed by atoms with van der Waals surface area (Å²) in [7, 11) is 3.56. The van der Waals surface area contributed by atoms with Crippen molar-refractivity contribution in [2.24, 2.45) is 16.6 Å². The second-order valence-corrected chi connectivity index (χ2v) is 5.74. The maximum Gasteiger partial charge on any atom is 0.264 e. The molecule has 0 aliphatic carbocycles. The van der Waals surface area contributed by atoms with E-state index in [2.05, 4.69) is 16.8 Å². The Morgan fingerprint density at radius 3 is 2.77 bits per heavy atom. The Morgan fingerprint density at radius 2 is 2.23 bits per heavy atom. The van der Waals surface area contributed by atoms with E-state index in [1.54, 1.807) is 13.1 Å². The molecule has 0 aromatic heterocycles. The van der Waals surface area contributed by atoms with Crippen molar-refractivity contribution in [3.8, 4) is 0 Å².